The lowest BCUT2D eigenvalue weighted by Crippen LogP contribution is -1.87. The summed E-state index contributed by atoms with van der Waals surface area (Å²) in [4.78, 5) is 4.46. The lowest BCUT2D eigenvalue weighted by Gasteiger charge is -2.04. The Kier molecular flexibility index (Phi) is 11.9. The van der Waals surface area contributed by atoms with Gasteiger partial charge in [-0.1, -0.05) is 102 Å². The van der Waals surface area contributed by atoms with E-state index in [0.717, 1.165) is 17.7 Å². The maximum absolute atomic E-state index is 9.78. The van der Waals surface area contributed by atoms with Gasteiger partial charge in [0.2, 0.25) is 0 Å². The Morgan fingerprint density at radius 1 is 0.690 bits per heavy atom. The van der Waals surface area contributed by atoms with Gasteiger partial charge >= 0.3 is 0 Å². The van der Waals surface area contributed by atoms with E-state index in [1.54, 1.807) is 12.3 Å². The number of aromatic hydroxyl groups is 1. The van der Waals surface area contributed by atoms with Crippen molar-refractivity contribution in [3.8, 4) is 5.75 Å². The van der Waals surface area contributed by atoms with Crippen LogP contribution in [0, 0.1) is 0 Å². The minimum Gasteiger partial charge on any atom is -0.507 e. The average molecular weight is 394 g/mol. The van der Waals surface area contributed by atoms with Gasteiger partial charge in [-0.15, -0.1) is 0 Å². The number of para-hydroxylation sites is 1. The van der Waals surface area contributed by atoms with Crippen molar-refractivity contribution in [3.05, 3.63) is 59.7 Å². The monoisotopic (exact) mass is 393 g/mol. The van der Waals surface area contributed by atoms with Crippen LogP contribution in [0.15, 0.2) is 53.5 Å². The van der Waals surface area contributed by atoms with Crippen LogP contribution in [0.5, 0.6) is 5.75 Å². The van der Waals surface area contributed by atoms with Gasteiger partial charge in [-0.05, 0) is 42.7 Å². The molecule has 0 heterocycles. The van der Waals surface area contributed by atoms with E-state index < -0.39 is 0 Å². The summed E-state index contributed by atoms with van der Waals surface area (Å²) in [6, 6.07) is 15.7. The highest BCUT2D eigenvalue weighted by Crippen LogP contribution is 2.18. The van der Waals surface area contributed by atoms with Crippen molar-refractivity contribution in [2.75, 3.05) is 0 Å². The lowest BCUT2D eigenvalue weighted by molar-refractivity contribution is 0.474. The molecular formula is C27H39NO. The van der Waals surface area contributed by atoms with Crippen LogP contribution in [-0.2, 0) is 6.42 Å². The molecule has 0 saturated heterocycles. The van der Waals surface area contributed by atoms with Crippen molar-refractivity contribution in [3.63, 3.8) is 0 Å². The first-order valence-electron chi connectivity index (χ1n) is 11.7. The van der Waals surface area contributed by atoms with Crippen LogP contribution in [0.4, 0.5) is 5.69 Å². The molecule has 0 radical (unpaired) electrons. The number of phenolic OH excluding ortho intramolecular Hbond substituents is 1. The molecule has 29 heavy (non-hydrogen) atoms. The molecule has 0 aliphatic rings. The molecule has 2 nitrogen and oxygen atoms in total. The highest BCUT2D eigenvalue weighted by Gasteiger charge is 1.98. The normalized spacial score (nSPS) is 11.3. The SMILES string of the molecule is CCCCCCCCCCCCCCc1ccc(N=Cc2ccccc2O)cc1. The van der Waals surface area contributed by atoms with Gasteiger partial charge in [0.05, 0.1) is 5.69 Å². The summed E-state index contributed by atoms with van der Waals surface area (Å²) < 4.78 is 0. The van der Waals surface area contributed by atoms with E-state index in [0.29, 0.717) is 0 Å². The number of hydrogen-bond donors (Lipinski definition) is 1. The summed E-state index contributed by atoms with van der Waals surface area (Å²) in [6.45, 7) is 2.28. The molecule has 0 unspecified atom stereocenters. The second-order valence-electron chi connectivity index (χ2n) is 8.12. The molecule has 0 bridgehead atoms. The number of hydrogen-bond acceptors (Lipinski definition) is 2. The Hall–Kier alpha value is -2.09. The van der Waals surface area contributed by atoms with Gasteiger partial charge in [-0.3, -0.25) is 4.99 Å². The number of aryl methyl sites for hydroxylation is 1. The highest BCUT2D eigenvalue weighted by molar-refractivity contribution is 5.85. The summed E-state index contributed by atoms with van der Waals surface area (Å²) in [5, 5.41) is 9.78. The van der Waals surface area contributed by atoms with Crippen LogP contribution in [0.2, 0.25) is 0 Å². The van der Waals surface area contributed by atoms with E-state index in [9.17, 15) is 5.11 Å². The molecule has 0 spiro atoms. The van der Waals surface area contributed by atoms with Crippen LogP contribution in [0.3, 0.4) is 0 Å². The van der Waals surface area contributed by atoms with Gasteiger partial charge in [-0.2, -0.15) is 0 Å². The molecule has 0 aromatic heterocycles. The van der Waals surface area contributed by atoms with Crippen molar-refractivity contribution in [1.82, 2.24) is 0 Å². The van der Waals surface area contributed by atoms with Gasteiger partial charge in [0.25, 0.3) is 0 Å². The Labute approximate surface area is 178 Å². The van der Waals surface area contributed by atoms with Crippen molar-refractivity contribution in [2.24, 2.45) is 4.99 Å². The first-order chi connectivity index (χ1) is 14.3. The molecule has 158 valence electrons. The lowest BCUT2D eigenvalue weighted by atomic mass is 10.0. The predicted molar refractivity (Wildman–Crippen MR) is 127 cm³/mol. The third-order valence-electron chi connectivity index (χ3n) is 5.54. The molecule has 0 saturated carbocycles. The molecule has 0 aliphatic carbocycles. The van der Waals surface area contributed by atoms with Gasteiger partial charge in [0, 0.05) is 11.8 Å². The number of benzene rings is 2. The van der Waals surface area contributed by atoms with E-state index in [1.807, 2.05) is 18.2 Å². The molecule has 0 atom stereocenters. The molecule has 0 fully saturated rings. The Bertz CT molecular complexity index is 690. The molecule has 2 aromatic carbocycles. The molecular weight excluding hydrogens is 354 g/mol. The van der Waals surface area contributed by atoms with E-state index in [-0.39, 0.29) is 5.75 Å². The zero-order chi connectivity index (χ0) is 20.6. The molecule has 2 aromatic rings. The maximum atomic E-state index is 9.78. The van der Waals surface area contributed by atoms with Crippen LogP contribution >= 0.6 is 0 Å². The van der Waals surface area contributed by atoms with E-state index in [2.05, 4.69) is 36.2 Å². The van der Waals surface area contributed by atoms with E-state index in [4.69, 9.17) is 0 Å². The van der Waals surface area contributed by atoms with Crippen LogP contribution < -0.4 is 0 Å². The third kappa shape index (κ3) is 10.3. The highest BCUT2D eigenvalue weighted by atomic mass is 16.3. The van der Waals surface area contributed by atoms with Crippen molar-refractivity contribution < 1.29 is 5.11 Å². The molecule has 0 aliphatic heterocycles. The smallest absolute Gasteiger partial charge is 0.124 e. The Balaban J connectivity index is 1.52. The minimum absolute atomic E-state index is 0.264. The first-order valence-corrected chi connectivity index (χ1v) is 11.7. The first kappa shape index (κ1) is 23.2. The number of phenols is 1. The maximum Gasteiger partial charge on any atom is 0.124 e. The molecule has 0 amide bonds. The summed E-state index contributed by atoms with van der Waals surface area (Å²) in [6.07, 6.45) is 19.6. The molecule has 2 rings (SSSR count). The molecule has 2 heteroatoms. The van der Waals surface area contributed by atoms with Crippen molar-refractivity contribution in [1.29, 1.82) is 0 Å². The molecule has 1 N–H and O–H groups in total. The number of unbranched alkanes of at least 4 members (excludes halogenated alkanes) is 11. The Morgan fingerprint density at radius 2 is 1.24 bits per heavy atom. The van der Waals surface area contributed by atoms with Crippen LogP contribution in [0.25, 0.3) is 0 Å². The van der Waals surface area contributed by atoms with Gasteiger partial charge in [-0.25, -0.2) is 0 Å². The quantitative estimate of drug-likeness (QED) is 0.239. The fourth-order valence-corrected chi connectivity index (χ4v) is 3.66. The average Bonchev–Trinajstić information content (AvgIpc) is 2.75. The van der Waals surface area contributed by atoms with E-state index >= 15 is 0 Å². The summed E-state index contributed by atoms with van der Waals surface area (Å²) in [7, 11) is 0. The Morgan fingerprint density at radius 3 is 1.83 bits per heavy atom. The number of nitrogens with zero attached hydrogens (tertiary/aromatic N) is 1. The van der Waals surface area contributed by atoms with Gasteiger partial charge < -0.3 is 5.11 Å². The van der Waals surface area contributed by atoms with Crippen molar-refractivity contribution in [2.45, 2.75) is 90.4 Å². The second-order valence-corrected chi connectivity index (χ2v) is 8.12. The van der Waals surface area contributed by atoms with Crippen molar-refractivity contribution >= 4 is 11.9 Å². The standard InChI is InChI=1S/C27H39NO/c1-2-3-4-5-6-7-8-9-10-11-12-13-16-24-19-21-26(22-20-24)28-23-25-17-14-15-18-27(25)29/h14-15,17-23,29H,2-13,16H2,1H3. The third-order valence-corrected chi connectivity index (χ3v) is 5.54. The van der Waals surface area contributed by atoms with Gasteiger partial charge in [0.15, 0.2) is 0 Å². The predicted octanol–water partition coefficient (Wildman–Crippen LogP) is 8.39. The zero-order valence-electron chi connectivity index (χ0n) is 18.3. The topological polar surface area (TPSA) is 32.6 Å². The van der Waals surface area contributed by atoms with E-state index in [1.165, 1.54) is 82.6 Å². The number of aliphatic imine (C=N–C) groups is 1. The summed E-state index contributed by atoms with van der Waals surface area (Å²) in [5.74, 6) is 0.264. The second kappa shape index (κ2) is 14.8. The van der Waals surface area contributed by atoms with Gasteiger partial charge in [0.1, 0.15) is 5.75 Å². The minimum atomic E-state index is 0.264. The zero-order valence-corrected chi connectivity index (χ0v) is 18.3. The number of rotatable bonds is 15. The fourth-order valence-electron chi connectivity index (χ4n) is 3.66. The van der Waals surface area contributed by atoms with Crippen LogP contribution in [0.1, 0.15) is 95.1 Å². The largest absolute Gasteiger partial charge is 0.507 e. The summed E-state index contributed by atoms with van der Waals surface area (Å²) >= 11 is 0. The fraction of sp³-hybridized carbons (Fsp3) is 0.519. The van der Waals surface area contributed by atoms with Crippen LogP contribution in [-0.4, -0.2) is 11.3 Å². The summed E-state index contributed by atoms with van der Waals surface area (Å²) in [5.41, 5.74) is 3.05.